The fourth-order valence-electron chi connectivity index (χ4n) is 3.55. The molecule has 0 bridgehead atoms. The summed E-state index contributed by atoms with van der Waals surface area (Å²) in [6, 6.07) is 12.0. The van der Waals surface area contributed by atoms with Crippen LogP contribution in [0.25, 0.3) is 5.65 Å². The number of hydrogen-bond acceptors (Lipinski definition) is 6. The molecular weight excluding hydrogens is 354 g/mol. The number of benzene rings is 1. The maximum Gasteiger partial charge on any atom is 0.227 e. The van der Waals surface area contributed by atoms with Gasteiger partial charge in [-0.3, -0.25) is 4.79 Å². The number of piperidine rings is 1. The van der Waals surface area contributed by atoms with Gasteiger partial charge < -0.3 is 10.2 Å². The molecule has 1 aliphatic rings. The van der Waals surface area contributed by atoms with Crippen molar-refractivity contribution >= 4 is 23.1 Å². The fraction of sp³-hybridized carbons (Fsp3) is 0.450. The summed E-state index contributed by atoms with van der Waals surface area (Å²) >= 11 is 0. The number of amides is 1. The summed E-state index contributed by atoms with van der Waals surface area (Å²) in [6.45, 7) is 5.97. The van der Waals surface area contributed by atoms with Gasteiger partial charge in [0.1, 0.15) is 0 Å². The Hall–Kier alpha value is -3.03. The number of hydrogen-bond donors (Lipinski definition) is 1. The lowest BCUT2D eigenvalue weighted by molar-refractivity contribution is -0.120. The molecule has 4 rings (SSSR count). The van der Waals surface area contributed by atoms with Crippen molar-refractivity contribution in [3.8, 4) is 0 Å². The van der Waals surface area contributed by atoms with E-state index in [9.17, 15) is 4.79 Å². The van der Waals surface area contributed by atoms with Crippen LogP contribution in [0.15, 0.2) is 36.4 Å². The number of nitrogens with zero attached hydrogens (tertiary/aromatic N) is 6. The van der Waals surface area contributed by atoms with E-state index in [1.165, 1.54) is 10.2 Å². The van der Waals surface area contributed by atoms with Crippen LogP contribution in [0.1, 0.15) is 44.6 Å². The molecule has 1 amide bonds. The van der Waals surface area contributed by atoms with Crippen molar-refractivity contribution in [3.05, 3.63) is 42.0 Å². The fourth-order valence-corrected chi connectivity index (χ4v) is 3.55. The van der Waals surface area contributed by atoms with E-state index in [1.807, 2.05) is 24.3 Å². The van der Waals surface area contributed by atoms with Gasteiger partial charge in [-0.25, -0.2) is 0 Å². The molecule has 1 unspecified atom stereocenters. The monoisotopic (exact) mass is 379 g/mol. The van der Waals surface area contributed by atoms with Crippen molar-refractivity contribution in [2.24, 2.45) is 5.92 Å². The van der Waals surface area contributed by atoms with Crippen LogP contribution in [0.4, 0.5) is 11.5 Å². The smallest absolute Gasteiger partial charge is 0.227 e. The Kier molecular flexibility index (Phi) is 5.18. The van der Waals surface area contributed by atoms with Crippen LogP contribution in [0.3, 0.4) is 0 Å². The molecule has 28 heavy (non-hydrogen) atoms. The van der Waals surface area contributed by atoms with Gasteiger partial charge in [0.2, 0.25) is 5.91 Å². The zero-order valence-electron chi connectivity index (χ0n) is 16.2. The zero-order chi connectivity index (χ0) is 19.5. The van der Waals surface area contributed by atoms with Crippen molar-refractivity contribution in [2.45, 2.75) is 39.0 Å². The molecule has 8 heteroatoms. The summed E-state index contributed by atoms with van der Waals surface area (Å²) in [5, 5.41) is 18.8. The van der Waals surface area contributed by atoms with E-state index in [0.717, 1.165) is 43.9 Å². The minimum absolute atomic E-state index is 0.0160. The molecule has 3 aromatic rings. The predicted molar refractivity (Wildman–Crippen MR) is 107 cm³/mol. The number of carbonyl (C=O) groups is 1. The minimum Gasteiger partial charge on any atom is -0.355 e. The van der Waals surface area contributed by atoms with Gasteiger partial charge in [-0.2, -0.15) is 0 Å². The van der Waals surface area contributed by atoms with Crippen LogP contribution in [-0.2, 0) is 4.79 Å². The first-order valence-electron chi connectivity index (χ1n) is 9.85. The molecule has 3 heterocycles. The Morgan fingerprint density at radius 3 is 2.64 bits per heavy atom. The summed E-state index contributed by atoms with van der Waals surface area (Å²) in [6.07, 6.45) is 2.71. The third-order valence-corrected chi connectivity index (χ3v) is 5.60. The molecule has 1 fully saturated rings. The number of aromatic nitrogens is 5. The molecule has 0 spiro atoms. The van der Waals surface area contributed by atoms with Crippen LogP contribution in [0.2, 0.25) is 0 Å². The van der Waals surface area contributed by atoms with Crippen LogP contribution in [0, 0.1) is 5.92 Å². The third kappa shape index (κ3) is 3.81. The number of carbonyl (C=O) groups excluding carboxylic acids is 1. The SMILES string of the molecule is CCC(C)c1ccc(NC(=O)C2CCN(c3ccc4nnnn4n3)CC2)cc1. The quantitative estimate of drug-likeness (QED) is 0.733. The molecule has 2 aromatic heterocycles. The average molecular weight is 379 g/mol. The summed E-state index contributed by atoms with van der Waals surface area (Å²) in [4.78, 5) is 14.8. The van der Waals surface area contributed by atoms with E-state index in [0.29, 0.717) is 11.6 Å². The molecule has 1 saturated heterocycles. The van der Waals surface area contributed by atoms with Gasteiger partial charge >= 0.3 is 0 Å². The van der Waals surface area contributed by atoms with Crippen molar-refractivity contribution in [1.82, 2.24) is 25.3 Å². The van der Waals surface area contributed by atoms with Gasteiger partial charge in [0.15, 0.2) is 11.5 Å². The van der Waals surface area contributed by atoms with Crippen LogP contribution >= 0.6 is 0 Å². The maximum absolute atomic E-state index is 12.6. The zero-order valence-corrected chi connectivity index (χ0v) is 16.2. The lowest BCUT2D eigenvalue weighted by Gasteiger charge is -2.31. The first kappa shape index (κ1) is 18.3. The molecule has 0 aliphatic carbocycles. The second-order valence-electron chi connectivity index (χ2n) is 7.40. The lowest BCUT2D eigenvalue weighted by atomic mass is 9.95. The molecule has 1 atom stereocenters. The highest BCUT2D eigenvalue weighted by atomic mass is 16.1. The molecule has 1 N–H and O–H groups in total. The van der Waals surface area contributed by atoms with E-state index >= 15 is 0 Å². The van der Waals surface area contributed by atoms with Gasteiger partial charge in [-0.1, -0.05) is 26.0 Å². The van der Waals surface area contributed by atoms with Gasteiger partial charge in [0, 0.05) is 24.7 Å². The first-order chi connectivity index (χ1) is 13.6. The van der Waals surface area contributed by atoms with Gasteiger partial charge in [0.25, 0.3) is 0 Å². The Bertz CT molecular complexity index is 945. The third-order valence-electron chi connectivity index (χ3n) is 5.60. The van der Waals surface area contributed by atoms with Gasteiger partial charge in [-0.05, 0) is 65.4 Å². The number of fused-ring (bicyclic) bond motifs is 1. The number of anilines is 2. The van der Waals surface area contributed by atoms with E-state index < -0.39 is 0 Å². The van der Waals surface area contributed by atoms with E-state index in [2.05, 4.69) is 56.8 Å². The minimum atomic E-state index is 0.0160. The van der Waals surface area contributed by atoms with E-state index in [4.69, 9.17) is 0 Å². The number of tetrazole rings is 1. The molecule has 1 aliphatic heterocycles. The summed E-state index contributed by atoms with van der Waals surface area (Å²) in [7, 11) is 0. The summed E-state index contributed by atoms with van der Waals surface area (Å²) in [5.41, 5.74) is 2.79. The Balaban J connectivity index is 1.33. The van der Waals surface area contributed by atoms with Crippen LogP contribution in [0.5, 0.6) is 0 Å². The second kappa shape index (κ2) is 7.92. The molecule has 0 radical (unpaired) electrons. The molecule has 0 saturated carbocycles. The van der Waals surface area contributed by atoms with E-state index in [-0.39, 0.29) is 11.8 Å². The topological polar surface area (TPSA) is 88.3 Å². The Morgan fingerprint density at radius 2 is 1.93 bits per heavy atom. The highest BCUT2D eigenvalue weighted by Gasteiger charge is 2.26. The Morgan fingerprint density at radius 1 is 1.18 bits per heavy atom. The van der Waals surface area contributed by atoms with E-state index in [1.54, 1.807) is 0 Å². The maximum atomic E-state index is 12.6. The summed E-state index contributed by atoms with van der Waals surface area (Å²) in [5.74, 6) is 1.48. The molecule has 1 aromatic carbocycles. The van der Waals surface area contributed by atoms with Gasteiger partial charge in [-0.15, -0.1) is 14.8 Å². The highest BCUT2D eigenvalue weighted by molar-refractivity contribution is 5.92. The largest absolute Gasteiger partial charge is 0.355 e. The number of rotatable bonds is 5. The Labute approximate surface area is 163 Å². The number of nitrogens with one attached hydrogen (secondary N) is 1. The summed E-state index contributed by atoms with van der Waals surface area (Å²) < 4.78 is 1.43. The van der Waals surface area contributed by atoms with Crippen molar-refractivity contribution in [3.63, 3.8) is 0 Å². The van der Waals surface area contributed by atoms with Gasteiger partial charge in [0.05, 0.1) is 0 Å². The van der Waals surface area contributed by atoms with Crippen LogP contribution in [-0.4, -0.2) is 44.3 Å². The molecule has 146 valence electrons. The second-order valence-corrected chi connectivity index (χ2v) is 7.40. The predicted octanol–water partition coefficient (Wildman–Crippen LogP) is 2.89. The standard InChI is InChI=1S/C20H25N7O/c1-3-14(2)15-4-6-17(7-5-15)21-20(28)16-10-12-26(13-11-16)19-9-8-18-22-24-25-27(18)23-19/h4-9,14,16H,3,10-13H2,1-2H3,(H,21,28). The first-order valence-corrected chi connectivity index (χ1v) is 9.85. The molecular formula is C20H25N7O. The van der Waals surface area contributed by atoms with Crippen molar-refractivity contribution in [2.75, 3.05) is 23.3 Å². The molecule has 8 nitrogen and oxygen atoms in total. The van der Waals surface area contributed by atoms with Crippen molar-refractivity contribution < 1.29 is 4.79 Å². The lowest BCUT2D eigenvalue weighted by Crippen LogP contribution is -2.38. The van der Waals surface area contributed by atoms with Crippen molar-refractivity contribution in [1.29, 1.82) is 0 Å². The highest BCUT2D eigenvalue weighted by Crippen LogP contribution is 2.24. The normalized spacial score (nSPS) is 16.3. The van der Waals surface area contributed by atoms with Crippen LogP contribution < -0.4 is 10.2 Å². The average Bonchev–Trinajstić information content (AvgIpc) is 3.21.